The molecular formula is C25H24N2O2S. The first-order chi connectivity index (χ1) is 14.6. The Morgan fingerprint density at radius 2 is 1.80 bits per heavy atom. The minimum atomic E-state index is -0.913. The van der Waals surface area contributed by atoms with Crippen LogP contribution in [0, 0.1) is 6.92 Å². The maximum absolute atomic E-state index is 11.7. The van der Waals surface area contributed by atoms with Gasteiger partial charge >= 0.3 is 5.97 Å². The molecule has 4 rings (SSSR count). The molecule has 0 aliphatic carbocycles. The van der Waals surface area contributed by atoms with Gasteiger partial charge < -0.3 is 5.11 Å². The van der Waals surface area contributed by atoms with Crippen LogP contribution in [0.2, 0.25) is 0 Å². The zero-order valence-electron chi connectivity index (χ0n) is 17.1. The second-order valence-corrected chi connectivity index (χ2v) is 8.33. The fourth-order valence-corrected chi connectivity index (χ4v) is 4.76. The van der Waals surface area contributed by atoms with E-state index in [4.69, 9.17) is 4.98 Å². The molecule has 0 atom stereocenters. The largest absolute Gasteiger partial charge is 0.478 e. The highest BCUT2D eigenvalue weighted by Crippen LogP contribution is 2.32. The molecule has 4 aromatic rings. The summed E-state index contributed by atoms with van der Waals surface area (Å²) < 4.78 is 2.20. The Morgan fingerprint density at radius 3 is 2.57 bits per heavy atom. The van der Waals surface area contributed by atoms with Crippen molar-refractivity contribution in [2.75, 3.05) is 5.75 Å². The summed E-state index contributed by atoms with van der Waals surface area (Å²) in [5.74, 6) is 0.118. The summed E-state index contributed by atoms with van der Waals surface area (Å²) in [6.45, 7) is 4.22. The van der Waals surface area contributed by atoms with E-state index in [-0.39, 0.29) is 0 Å². The standard InChI is InChI=1S/C25H24N2O2S/c1-3-4-15-30-25-26-22-11-7-8-12-23(22)27(25)18-13-14-19(17(2)16-18)20-9-5-6-10-21(20)24(28)29/h5-14,16H,3-4,15H2,1-2H3,(H,28,29). The van der Waals surface area contributed by atoms with Crippen molar-refractivity contribution in [3.05, 3.63) is 77.9 Å². The van der Waals surface area contributed by atoms with Gasteiger partial charge in [0.1, 0.15) is 0 Å². The lowest BCUT2D eigenvalue weighted by molar-refractivity contribution is 0.0697. The van der Waals surface area contributed by atoms with Crippen LogP contribution in [0.1, 0.15) is 35.7 Å². The second-order valence-electron chi connectivity index (χ2n) is 7.27. The van der Waals surface area contributed by atoms with E-state index in [1.54, 1.807) is 23.9 Å². The van der Waals surface area contributed by atoms with Crippen molar-refractivity contribution in [1.82, 2.24) is 9.55 Å². The summed E-state index contributed by atoms with van der Waals surface area (Å²) in [5, 5.41) is 10.6. The van der Waals surface area contributed by atoms with E-state index in [2.05, 4.69) is 29.7 Å². The zero-order chi connectivity index (χ0) is 21.1. The molecule has 4 nitrogen and oxygen atoms in total. The van der Waals surface area contributed by atoms with Crippen LogP contribution in [0.4, 0.5) is 0 Å². The average Bonchev–Trinajstić information content (AvgIpc) is 3.12. The van der Waals surface area contributed by atoms with Crippen LogP contribution in [0.25, 0.3) is 27.8 Å². The summed E-state index contributed by atoms with van der Waals surface area (Å²) in [6, 6.07) is 21.5. The summed E-state index contributed by atoms with van der Waals surface area (Å²) in [6.07, 6.45) is 2.31. The van der Waals surface area contributed by atoms with Crippen LogP contribution in [0.15, 0.2) is 71.9 Å². The molecule has 152 valence electrons. The van der Waals surface area contributed by atoms with Gasteiger partial charge in [-0.05, 0) is 60.4 Å². The van der Waals surface area contributed by atoms with Gasteiger partial charge in [-0.25, -0.2) is 9.78 Å². The lowest BCUT2D eigenvalue weighted by Gasteiger charge is -2.14. The van der Waals surface area contributed by atoms with Crippen molar-refractivity contribution in [2.24, 2.45) is 0 Å². The Labute approximate surface area is 180 Å². The van der Waals surface area contributed by atoms with Crippen LogP contribution >= 0.6 is 11.8 Å². The highest BCUT2D eigenvalue weighted by molar-refractivity contribution is 7.99. The van der Waals surface area contributed by atoms with E-state index in [9.17, 15) is 9.90 Å². The number of carboxylic acid groups (broad SMARTS) is 1. The summed E-state index contributed by atoms with van der Waals surface area (Å²) >= 11 is 1.78. The molecule has 5 heteroatoms. The van der Waals surface area contributed by atoms with E-state index in [0.717, 1.165) is 57.2 Å². The third kappa shape index (κ3) is 3.85. The van der Waals surface area contributed by atoms with Crippen molar-refractivity contribution in [2.45, 2.75) is 31.8 Å². The smallest absolute Gasteiger partial charge is 0.336 e. The van der Waals surface area contributed by atoms with Crippen LogP contribution in [0.3, 0.4) is 0 Å². The fourth-order valence-electron chi connectivity index (χ4n) is 3.65. The molecule has 0 unspecified atom stereocenters. The van der Waals surface area contributed by atoms with Crippen LogP contribution in [-0.2, 0) is 0 Å². The van der Waals surface area contributed by atoms with Gasteiger partial charge in [0.05, 0.1) is 16.6 Å². The normalized spacial score (nSPS) is 11.1. The SMILES string of the molecule is CCCCSc1nc2ccccc2n1-c1ccc(-c2ccccc2C(=O)O)c(C)c1. The number of carbonyl (C=O) groups is 1. The number of imidazole rings is 1. The van der Waals surface area contributed by atoms with E-state index < -0.39 is 5.97 Å². The zero-order valence-corrected chi connectivity index (χ0v) is 17.9. The van der Waals surface area contributed by atoms with Gasteiger partial charge in [0.15, 0.2) is 5.16 Å². The number of unbranched alkanes of at least 4 members (excludes halogenated alkanes) is 1. The minimum Gasteiger partial charge on any atom is -0.478 e. The third-order valence-corrected chi connectivity index (χ3v) is 6.20. The molecule has 0 fully saturated rings. The van der Waals surface area contributed by atoms with E-state index >= 15 is 0 Å². The summed E-state index contributed by atoms with van der Waals surface area (Å²) in [5.41, 5.74) is 6.12. The second kappa shape index (κ2) is 8.76. The van der Waals surface area contributed by atoms with Gasteiger partial charge in [0, 0.05) is 11.4 Å². The number of fused-ring (bicyclic) bond motifs is 1. The number of benzene rings is 3. The van der Waals surface area contributed by atoms with Crippen LogP contribution in [-0.4, -0.2) is 26.4 Å². The molecule has 0 amide bonds. The van der Waals surface area contributed by atoms with Crippen molar-refractivity contribution >= 4 is 28.8 Å². The van der Waals surface area contributed by atoms with Crippen molar-refractivity contribution in [3.63, 3.8) is 0 Å². The van der Waals surface area contributed by atoms with Crippen molar-refractivity contribution < 1.29 is 9.90 Å². The lowest BCUT2D eigenvalue weighted by atomic mass is 9.95. The van der Waals surface area contributed by atoms with Gasteiger partial charge in [-0.3, -0.25) is 4.57 Å². The Bertz CT molecular complexity index is 1210. The molecular weight excluding hydrogens is 392 g/mol. The molecule has 0 spiro atoms. The highest BCUT2D eigenvalue weighted by Gasteiger charge is 2.16. The quantitative estimate of drug-likeness (QED) is 0.273. The predicted octanol–water partition coefficient (Wildman–Crippen LogP) is 6.59. The number of para-hydroxylation sites is 2. The molecule has 0 radical (unpaired) electrons. The van der Waals surface area contributed by atoms with Gasteiger partial charge in [-0.1, -0.05) is 61.5 Å². The van der Waals surface area contributed by atoms with Crippen LogP contribution in [0.5, 0.6) is 0 Å². The molecule has 0 bridgehead atoms. The lowest BCUT2D eigenvalue weighted by Crippen LogP contribution is -2.01. The Hall–Kier alpha value is -3.05. The first-order valence-electron chi connectivity index (χ1n) is 10.1. The first-order valence-corrected chi connectivity index (χ1v) is 11.1. The maximum Gasteiger partial charge on any atom is 0.336 e. The number of nitrogens with zero attached hydrogens (tertiary/aromatic N) is 2. The van der Waals surface area contributed by atoms with Crippen molar-refractivity contribution in [1.29, 1.82) is 0 Å². The summed E-state index contributed by atoms with van der Waals surface area (Å²) in [4.78, 5) is 16.5. The van der Waals surface area contributed by atoms with Gasteiger partial charge in [0.2, 0.25) is 0 Å². The average molecular weight is 417 g/mol. The Kier molecular flexibility index (Phi) is 5.91. The van der Waals surface area contributed by atoms with Crippen molar-refractivity contribution in [3.8, 4) is 16.8 Å². The van der Waals surface area contributed by atoms with Gasteiger partial charge in [0.25, 0.3) is 0 Å². The molecule has 1 aromatic heterocycles. The van der Waals surface area contributed by atoms with E-state index in [0.29, 0.717) is 5.56 Å². The van der Waals surface area contributed by atoms with E-state index in [1.807, 2.05) is 43.3 Å². The molecule has 0 saturated heterocycles. The molecule has 3 aromatic carbocycles. The highest BCUT2D eigenvalue weighted by atomic mass is 32.2. The third-order valence-electron chi connectivity index (χ3n) is 5.17. The molecule has 0 saturated carbocycles. The molecule has 0 aliphatic rings. The Morgan fingerprint density at radius 1 is 1.03 bits per heavy atom. The number of hydrogen-bond acceptors (Lipinski definition) is 3. The number of carboxylic acids is 1. The van der Waals surface area contributed by atoms with Gasteiger partial charge in [-0.2, -0.15) is 0 Å². The molecule has 0 aliphatic heterocycles. The first kappa shape index (κ1) is 20.2. The molecule has 1 heterocycles. The van der Waals surface area contributed by atoms with Crippen LogP contribution < -0.4 is 0 Å². The number of rotatable bonds is 7. The minimum absolute atomic E-state index is 0.317. The fraction of sp³-hybridized carbons (Fsp3) is 0.200. The number of aromatic carboxylic acids is 1. The topological polar surface area (TPSA) is 55.1 Å². The number of thioether (sulfide) groups is 1. The molecule has 1 N–H and O–H groups in total. The number of aromatic nitrogens is 2. The Balaban J connectivity index is 1.81. The molecule has 30 heavy (non-hydrogen) atoms. The predicted molar refractivity (Wildman–Crippen MR) is 124 cm³/mol. The van der Waals surface area contributed by atoms with Gasteiger partial charge in [-0.15, -0.1) is 0 Å². The monoisotopic (exact) mass is 416 g/mol. The number of aryl methyl sites for hydroxylation is 1. The van der Waals surface area contributed by atoms with E-state index in [1.165, 1.54) is 0 Å². The maximum atomic E-state index is 11.7. The number of hydrogen-bond donors (Lipinski definition) is 1. The summed E-state index contributed by atoms with van der Waals surface area (Å²) in [7, 11) is 0.